The lowest BCUT2D eigenvalue weighted by Crippen LogP contribution is -2.64. The molecule has 0 bridgehead atoms. The minimum Gasteiger partial charge on any atom is -0.394 e. The third-order valence-electron chi connectivity index (χ3n) is 3.98. The van der Waals surface area contributed by atoms with E-state index < -0.39 is 74.6 Å². The highest BCUT2D eigenvalue weighted by Gasteiger charge is 2.50. The molecular formula is C12H22O11. The van der Waals surface area contributed by atoms with E-state index in [4.69, 9.17) is 19.3 Å². The van der Waals surface area contributed by atoms with Gasteiger partial charge in [0.15, 0.2) is 12.6 Å². The Balaban J connectivity index is 2.11. The standard InChI is InChI=1S/C12H22O11/c13-1-3-5(15)6(16)9(19)12(22-3)23-10-4(2-14)21-11(20)8(18)7(10)17/h3-20H,1-2H2/t3-,4-,5-,6-,7-,8+,9+,10+,11-,12-/m0/s1. The summed E-state index contributed by atoms with van der Waals surface area (Å²) in [5.41, 5.74) is 0. The lowest BCUT2D eigenvalue weighted by molar-refractivity contribution is -0.355. The summed E-state index contributed by atoms with van der Waals surface area (Å²) < 4.78 is 15.3. The molecule has 0 unspecified atom stereocenters. The third kappa shape index (κ3) is 3.65. The average Bonchev–Trinajstić information content (AvgIpc) is 2.55. The third-order valence-corrected chi connectivity index (χ3v) is 3.98. The molecule has 8 N–H and O–H groups in total. The maximum atomic E-state index is 9.94. The van der Waals surface area contributed by atoms with Crippen molar-refractivity contribution in [1.82, 2.24) is 0 Å². The highest BCUT2D eigenvalue weighted by Crippen LogP contribution is 2.28. The largest absolute Gasteiger partial charge is 0.394 e. The first-order valence-electron chi connectivity index (χ1n) is 7.08. The average molecular weight is 342 g/mol. The summed E-state index contributed by atoms with van der Waals surface area (Å²) in [5, 5.41) is 76.5. The van der Waals surface area contributed by atoms with Crippen molar-refractivity contribution in [1.29, 1.82) is 0 Å². The molecule has 2 saturated heterocycles. The molecule has 23 heavy (non-hydrogen) atoms. The van der Waals surface area contributed by atoms with Crippen molar-refractivity contribution in [2.24, 2.45) is 0 Å². The zero-order valence-corrected chi connectivity index (χ0v) is 12.0. The molecule has 0 spiro atoms. The Morgan fingerprint density at radius 1 is 0.652 bits per heavy atom. The van der Waals surface area contributed by atoms with Crippen LogP contribution in [0.4, 0.5) is 0 Å². The van der Waals surface area contributed by atoms with Crippen LogP contribution in [-0.2, 0) is 14.2 Å². The molecule has 0 aromatic carbocycles. The van der Waals surface area contributed by atoms with E-state index >= 15 is 0 Å². The van der Waals surface area contributed by atoms with Crippen molar-refractivity contribution in [3.05, 3.63) is 0 Å². The van der Waals surface area contributed by atoms with E-state index in [1.165, 1.54) is 0 Å². The molecule has 2 rings (SSSR count). The monoisotopic (exact) mass is 342 g/mol. The molecular weight excluding hydrogens is 320 g/mol. The van der Waals surface area contributed by atoms with Crippen molar-refractivity contribution in [3.63, 3.8) is 0 Å². The zero-order chi connectivity index (χ0) is 17.3. The summed E-state index contributed by atoms with van der Waals surface area (Å²) in [6.45, 7) is -1.35. The zero-order valence-electron chi connectivity index (χ0n) is 12.0. The summed E-state index contributed by atoms with van der Waals surface area (Å²) in [7, 11) is 0. The quantitative estimate of drug-likeness (QED) is 0.243. The summed E-state index contributed by atoms with van der Waals surface area (Å²) >= 11 is 0. The Hall–Kier alpha value is -0.440. The number of hydrogen-bond acceptors (Lipinski definition) is 11. The van der Waals surface area contributed by atoms with Gasteiger partial charge in [0.1, 0.15) is 48.8 Å². The number of aliphatic hydroxyl groups excluding tert-OH is 8. The second-order valence-electron chi connectivity index (χ2n) is 5.53. The van der Waals surface area contributed by atoms with Crippen molar-refractivity contribution in [3.8, 4) is 0 Å². The van der Waals surface area contributed by atoms with E-state index in [2.05, 4.69) is 0 Å². The predicted molar refractivity (Wildman–Crippen MR) is 68.6 cm³/mol. The molecule has 0 saturated carbocycles. The first-order valence-corrected chi connectivity index (χ1v) is 7.08. The van der Waals surface area contributed by atoms with Gasteiger partial charge in [-0.1, -0.05) is 0 Å². The van der Waals surface area contributed by atoms with Crippen molar-refractivity contribution >= 4 is 0 Å². The van der Waals surface area contributed by atoms with E-state index in [0.29, 0.717) is 0 Å². The molecule has 0 aromatic rings. The van der Waals surface area contributed by atoms with Gasteiger partial charge in [0, 0.05) is 0 Å². The van der Waals surface area contributed by atoms with E-state index in [-0.39, 0.29) is 0 Å². The van der Waals surface area contributed by atoms with Crippen LogP contribution in [0.2, 0.25) is 0 Å². The maximum Gasteiger partial charge on any atom is 0.187 e. The van der Waals surface area contributed by atoms with Crippen molar-refractivity contribution < 1.29 is 55.1 Å². The van der Waals surface area contributed by atoms with Crippen LogP contribution in [0.3, 0.4) is 0 Å². The Bertz CT molecular complexity index is 378. The van der Waals surface area contributed by atoms with Gasteiger partial charge in [0.2, 0.25) is 0 Å². The molecule has 11 nitrogen and oxygen atoms in total. The Morgan fingerprint density at radius 3 is 1.83 bits per heavy atom. The van der Waals surface area contributed by atoms with Crippen molar-refractivity contribution in [2.45, 2.75) is 61.4 Å². The van der Waals surface area contributed by atoms with Gasteiger partial charge in [-0.15, -0.1) is 0 Å². The van der Waals surface area contributed by atoms with E-state index in [1.807, 2.05) is 0 Å². The second kappa shape index (κ2) is 7.63. The van der Waals surface area contributed by atoms with Crippen LogP contribution in [0.1, 0.15) is 0 Å². The summed E-state index contributed by atoms with van der Waals surface area (Å²) in [6.07, 6.45) is -15.6. The topological polar surface area (TPSA) is 190 Å². The van der Waals surface area contributed by atoms with Gasteiger partial charge < -0.3 is 55.1 Å². The SMILES string of the molecule is OC[C@@H]1O[C@@H](O[C@H]2[C@@H](O)[C@@H](O)[C@@H](O)O[C@H]2CO)[C@H](O)[C@@H](O)[C@H]1O. The van der Waals surface area contributed by atoms with E-state index in [0.717, 1.165) is 0 Å². The fourth-order valence-electron chi connectivity index (χ4n) is 2.57. The van der Waals surface area contributed by atoms with Crippen LogP contribution in [0.25, 0.3) is 0 Å². The highest BCUT2D eigenvalue weighted by molar-refractivity contribution is 4.93. The fourth-order valence-corrected chi connectivity index (χ4v) is 2.57. The molecule has 10 atom stereocenters. The van der Waals surface area contributed by atoms with Crippen LogP contribution in [0.5, 0.6) is 0 Å². The molecule has 2 heterocycles. The molecule has 11 heteroatoms. The normalized spacial score (nSPS) is 51.7. The minimum atomic E-state index is -1.74. The number of aliphatic hydroxyl groups is 8. The number of rotatable bonds is 4. The van der Waals surface area contributed by atoms with Gasteiger partial charge >= 0.3 is 0 Å². The van der Waals surface area contributed by atoms with Crippen LogP contribution < -0.4 is 0 Å². The van der Waals surface area contributed by atoms with E-state index in [1.54, 1.807) is 0 Å². The number of ether oxygens (including phenoxy) is 3. The predicted octanol–water partition coefficient (Wildman–Crippen LogP) is -5.40. The first-order chi connectivity index (χ1) is 10.8. The van der Waals surface area contributed by atoms with E-state index in [9.17, 15) is 35.7 Å². The van der Waals surface area contributed by atoms with Gasteiger partial charge in [0.05, 0.1) is 13.2 Å². The van der Waals surface area contributed by atoms with Gasteiger partial charge in [-0.3, -0.25) is 0 Å². The van der Waals surface area contributed by atoms with Crippen LogP contribution >= 0.6 is 0 Å². The lowest BCUT2D eigenvalue weighted by atomic mass is 9.97. The number of hydrogen-bond donors (Lipinski definition) is 8. The van der Waals surface area contributed by atoms with Gasteiger partial charge in [-0.25, -0.2) is 0 Å². The van der Waals surface area contributed by atoms with Gasteiger partial charge in [-0.2, -0.15) is 0 Å². The van der Waals surface area contributed by atoms with Crippen LogP contribution in [-0.4, -0.2) is 115 Å². The first kappa shape index (κ1) is 18.9. The molecule has 2 fully saturated rings. The Labute approximate surface area is 130 Å². The van der Waals surface area contributed by atoms with Gasteiger partial charge in [-0.05, 0) is 0 Å². The summed E-state index contributed by atoms with van der Waals surface area (Å²) in [4.78, 5) is 0. The molecule has 0 radical (unpaired) electrons. The molecule has 0 aromatic heterocycles. The molecule has 2 aliphatic heterocycles. The maximum absolute atomic E-state index is 9.94. The Morgan fingerprint density at radius 2 is 1.26 bits per heavy atom. The highest BCUT2D eigenvalue weighted by atomic mass is 16.7. The fraction of sp³-hybridized carbons (Fsp3) is 1.00. The smallest absolute Gasteiger partial charge is 0.187 e. The van der Waals surface area contributed by atoms with Crippen LogP contribution in [0, 0.1) is 0 Å². The molecule has 0 aliphatic carbocycles. The summed E-state index contributed by atoms with van der Waals surface area (Å²) in [6, 6.07) is 0. The Kier molecular flexibility index (Phi) is 6.27. The molecule has 0 amide bonds. The summed E-state index contributed by atoms with van der Waals surface area (Å²) in [5.74, 6) is 0. The molecule has 136 valence electrons. The second-order valence-corrected chi connectivity index (χ2v) is 5.53. The van der Waals surface area contributed by atoms with Crippen LogP contribution in [0.15, 0.2) is 0 Å². The van der Waals surface area contributed by atoms with Crippen molar-refractivity contribution in [2.75, 3.05) is 13.2 Å². The lowest BCUT2D eigenvalue weighted by Gasteiger charge is -2.45. The van der Waals surface area contributed by atoms with Gasteiger partial charge in [0.25, 0.3) is 0 Å². The minimum absolute atomic E-state index is 0.667. The molecule has 2 aliphatic rings.